The molecule has 8 heteroatoms. The summed E-state index contributed by atoms with van der Waals surface area (Å²) in [4.78, 5) is 1.57. The molecule has 1 unspecified atom stereocenters. The predicted molar refractivity (Wildman–Crippen MR) is 105 cm³/mol. The number of rotatable bonds is 3. The van der Waals surface area contributed by atoms with Crippen LogP contribution in [-0.4, -0.2) is 39.0 Å². The van der Waals surface area contributed by atoms with Crippen molar-refractivity contribution >= 4 is 15.5 Å². The lowest BCUT2D eigenvalue weighted by atomic mass is 9.91. The summed E-state index contributed by atoms with van der Waals surface area (Å²) in [5, 5.41) is 3.47. The number of nitrogens with one attached hydrogen (secondary N) is 1. The summed E-state index contributed by atoms with van der Waals surface area (Å²) < 4.78 is 66.3. The van der Waals surface area contributed by atoms with Gasteiger partial charge in [0.2, 0.25) is 9.84 Å². The smallest absolute Gasteiger partial charge is 0.381 e. The molecule has 4 rings (SSSR count). The molecule has 2 atom stereocenters. The largest absolute Gasteiger partial charge is 0.417 e. The highest BCUT2D eigenvalue weighted by Gasteiger charge is 2.39. The number of fused-ring (bicyclic) bond motifs is 3. The van der Waals surface area contributed by atoms with Gasteiger partial charge in [-0.25, -0.2) is 8.42 Å². The number of alkyl halides is 3. The van der Waals surface area contributed by atoms with Crippen LogP contribution in [0.15, 0.2) is 52.3 Å². The van der Waals surface area contributed by atoms with Gasteiger partial charge in [0.25, 0.3) is 0 Å². The summed E-state index contributed by atoms with van der Waals surface area (Å²) in [7, 11) is -4.29. The standard InChI is InChI=1S/C21H23F3N2O2S/c1-2-26-11-9-15-16-13-14(7-8-18(16)25-19(15)10-12-26)29(27,28)20-6-4-3-5-17(20)21(22,23)24/h3-8,13,15,19,25H,2,9-12H2,1H3/t15-,19?/m0/s1. The van der Waals surface area contributed by atoms with E-state index in [0.717, 1.165) is 55.9 Å². The van der Waals surface area contributed by atoms with Crippen molar-refractivity contribution < 1.29 is 21.6 Å². The van der Waals surface area contributed by atoms with Gasteiger partial charge in [-0.05, 0) is 61.8 Å². The molecule has 2 aliphatic rings. The van der Waals surface area contributed by atoms with E-state index in [2.05, 4.69) is 17.1 Å². The molecule has 1 fully saturated rings. The van der Waals surface area contributed by atoms with Crippen molar-refractivity contribution in [2.45, 2.75) is 47.7 Å². The van der Waals surface area contributed by atoms with Gasteiger partial charge < -0.3 is 10.2 Å². The molecule has 0 bridgehead atoms. The molecule has 156 valence electrons. The number of likely N-dealkylation sites (tertiary alicyclic amines) is 1. The van der Waals surface area contributed by atoms with Crippen molar-refractivity contribution in [3.8, 4) is 0 Å². The Bertz CT molecular complexity index is 1020. The average molecular weight is 424 g/mol. The van der Waals surface area contributed by atoms with E-state index >= 15 is 0 Å². The van der Waals surface area contributed by atoms with Gasteiger partial charge >= 0.3 is 6.18 Å². The van der Waals surface area contributed by atoms with E-state index in [4.69, 9.17) is 0 Å². The zero-order valence-corrected chi connectivity index (χ0v) is 16.9. The maximum Gasteiger partial charge on any atom is 0.417 e. The van der Waals surface area contributed by atoms with Crippen molar-refractivity contribution in [1.29, 1.82) is 0 Å². The van der Waals surface area contributed by atoms with E-state index in [9.17, 15) is 21.6 Å². The highest BCUT2D eigenvalue weighted by atomic mass is 32.2. The molecule has 4 nitrogen and oxygen atoms in total. The van der Waals surface area contributed by atoms with E-state index in [1.807, 2.05) is 0 Å². The number of halogens is 3. The molecule has 1 N–H and O–H groups in total. The van der Waals surface area contributed by atoms with Crippen molar-refractivity contribution in [2.75, 3.05) is 25.0 Å². The van der Waals surface area contributed by atoms with Gasteiger partial charge in [0.05, 0.1) is 15.4 Å². The van der Waals surface area contributed by atoms with Crippen molar-refractivity contribution in [2.24, 2.45) is 0 Å². The third-order valence-electron chi connectivity index (χ3n) is 6.00. The number of hydrogen-bond acceptors (Lipinski definition) is 4. The fourth-order valence-electron chi connectivity index (χ4n) is 4.43. The lowest BCUT2D eigenvalue weighted by molar-refractivity contribution is -0.139. The van der Waals surface area contributed by atoms with Crippen molar-refractivity contribution in [3.63, 3.8) is 0 Å². The second kappa shape index (κ2) is 7.32. The number of sulfone groups is 1. The summed E-state index contributed by atoms with van der Waals surface area (Å²) in [6.07, 6.45) is -2.90. The Hall–Kier alpha value is -2.06. The van der Waals surface area contributed by atoms with Gasteiger partial charge in [-0.3, -0.25) is 0 Å². The van der Waals surface area contributed by atoms with Gasteiger partial charge in [0, 0.05) is 24.2 Å². The van der Waals surface area contributed by atoms with Crippen LogP contribution >= 0.6 is 0 Å². The minimum Gasteiger partial charge on any atom is -0.381 e. The number of nitrogens with zero attached hydrogens (tertiary/aromatic N) is 1. The van der Waals surface area contributed by atoms with Crippen molar-refractivity contribution in [1.82, 2.24) is 4.90 Å². The monoisotopic (exact) mass is 424 g/mol. The Labute approximate surface area is 168 Å². The fraction of sp³-hybridized carbons (Fsp3) is 0.429. The van der Waals surface area contributed by atoms with Crippen LogP contribution < -0.4 is 5.32 Å². The number of benzene rings is 2. The molecule has 2 heterocycles. The molecule has 2 aromatic carbocycles. The van der Waals surface area contributed by atoms with Gasteiger partial charge in [-0.15, -0.1) is 0 Å². The summed E-state index contributed by atoms with van der Waals surface area (Å²) in [5.74, 6) is 0.162. The minimum absolute atomic E-state index is 0.0907. The topological polar surface area (TPSA) is 49.4 Å². The number of hydrogen-bond donors (Lipinski definition) is 1. The maximum atomic E-state index is 13.4. The van der Waals surface area contributed by atoms with Gasteiger partial charge in [-0.2, -0.15) is 13.2 Å². The zero-order chi connectivity index (χ0) is 20.8. The van der Waals surface area contributed by atoms with Gasteiger partial charge in [0.15, 0.2) is 0 Å². The van der Waals surface area contributed by atoms with Crippen LogP contribution in [0.4, 0.5) is 18.9 Å². The Balaban J connectivity index is 1.73. The maximum absolute atomic E-state index is 13.4. The van der Waals surface area contributed by atoms with Crippen LogP contribution in [0.25, 0.3) is 0 Å². The van der Waals surface area contributed by atoms with Gasteiger partial charge in [-0.1, -0.05) is 19.1 Å². The molecule has 0 radical (unpaired) electrons. The first-order valence-electron chi connectivity index (χ1n) is 9.76. The van der Waals surface area contributed by atoms with Crippen molar-refractivity contribution in [3.05, 3.63) is 53.6 Å². The first-order valence-corrected chi connectivity index (χ1v) is 11.2. The highest BCUT2D eigenvalue weighted by Crippen LogP contribution is 2.43. The molecule has 0 aliphatic carbocycles. The molecular weight excluding hydrogens is 401 g/mol. The average Bonchev–Trinajstić information content (AvgIpc) is 2.91. The van der Waals surface area contributed by atoms with Crippen LogP contribution in [0.3, 0.4) is 0 Å². The Morgan fingerprint density at radius 1 is 1.10 bits per heavy atom. The van der Waals surface area contributed by atoms with Crippen LogP contribution in [0.1, 0.15) is 36.8 Å². The summed E-state index contributed by atoms with van der Waals surface area (Å²) in [6, 6.07) is 9.23. The molecule has 0 saturated carbocycles. The lowest BCUT2D eigenvalue weighted by Crippen LogP contribution is -2.25. The molecular formula is C21H23F3N2O2S. The summed E-state index contributed by atoms with van der Waals surface area (Å²) >= 11 is 0. The molecule has 2 aliphatic heterocycles. The molecule has 0 spiro atoms. The summed E-state index contributed by atoms with van der Waals surface area (Å²) in [5.41, 5.74) is 0.635. The summed E-state index contributed by atoms with van der Waals surface area (Å²) in [6.45, 7) is 4.98. The quantitative estimate of drug-likeness (QED) is 0.787. The Morgan fingerprint density at radius 2 is 1.83 bits per heavy atom. The molecule has 0 aromatic heterocycles. The third kappa shape index (κ3) is 3.64. The normalized spacial score (nSPS) is 22.5. The molecule has 1 saturated heterocycles. The first-order chi connectivity index (χ1) is 13.7. The highest BCUT2D eigenvalue weighted by molar-refractivity contribution is 7.91. The molecule has 2 aromatic rings. The van der Waals surface area contributed by atoms with Crippen LogP contribution in [0.2, 0.25) is 0 Å². The Morgan fingerprint density at radius 3 is 2.55 bits per heavy atom. The van der Waals surface area contributed by atoms with Crippen LogP contribution in [0, 0.1) is 0 Å². The lowest BCUT2D eigenvalue weighted by Gasteiger charge is -2.18. The Kier molecular flexibility index (Phi) is 5.11. The van der Waals surface area contributed by atoms with E-state index in [1.54, 1.807) is 12.1 Å². The minimum atomic E-state index is -4.74. The second-order valence-corrected chi connectivity index (χ2v) is 9.53. The fourth-order valence-corrected chi connectivity index (χ4v) is 5.94. The second-order valence-electron chi connectivity index (χ2n) is 7.62. The zero-order valence-electron chi connectivity index (χ0n) is 16.0. The van der Waals surface area contributed by atoms with Crippen LogP contribution in [-0.2, 0) is 16.0 Å². The third-order valence-corrected chi connectivity index (χ3v) is 7.81. The van der Waals surface area contributed by atoms with E-state index < -0.39 is 26.5 Å². The SMILES string of the molecule is CCN1CCC2Nc3ccc(S(=O)(=O)c4ccccc4C(F)(F)F)cc3[C@@H]2CC1. The molecule has 0 amide bonds. The van der Waals surface area contributed by atoms with Crippen LogP contribution in [0.5, 0.6) is 0 Å². The van der Waals surface area contributed by atoms with E-state index in [-0.39, 0.29) is 16.9 Å². The van der Waals surface area contributed by atoms with Gasteiger partial charge in [0.1, 0.15) is 0 Å². The van der Waals surface area contributed by atoms with E-state index in [1.165, 1.54) is 18.2 Å². The predicted octanol–water partition coefficient (Wildman–Crippen LogP) is 4.53. The van der Waals surface area contributed by atoms with E-state index in [0.29, 0.717) is 0 Å². The molecule has 29 heavy (non-hydrogen) atoms. The first kappa shape index (κ1) is 20.2. The number of anilines is 1.